The number of amides is 1. The Balaban J connectivity index is 1.36. The number of carbonyl (C=O) groups is 1. The summed E-state index contributed by atoms with van der Waals surface area (Å²) in [5.74, 6) is 1.70. The van der Waals surface area contributed by atoms with E-state index in [4.69, 9.17) is 16.1 Å². The van der Waals surface area contributed by atoms with Crippen LogP contribution in [0.15, 0.2) is 58.2 Å². The van der Waals surface area contributed by atoms with Gasteiger partial charge in [-0.05, 0) is 36.4 Å². The van der Waals surface area contributed by atoms with E-state index in [0.717, 1.165) is 21.2 Å². The van der Waals surface area contributed by atoms with E-state index < -0.39 is 0 Å². The zero-order chi connectivity index (χ0) is 18.2. The van der Waals surface area contributed by atoms with E-state index in [-0.39, 0.29) is 5.91 Å². The Kier molecular flexibility index (Phi) is 6.62. The van der Waals surface area contributed by atoms with Crippen molar-refractivity contribution >= 4 is 29.3 Å². The largest absolute Gasteiger partial charge is 0.355 e. The van der Waals surface area contributed by atoms with Crippen LogP contribution in [0.1, 0.15) is 12.3 Å². The normalized spacial score (nSPS) is 10.7. The Morgan fingerprint density at radius 2 is 1.92 bits per heavy atom. The average molecular weight is 389 g/mol. The van der Waals surface area contributed by atoms with Crippen LogP contribution >= 0.6 is 23.4 Å². The highest BCUT2D eigenvalue weighted by atomic mass is 35.5. The lowest BCUT2D eigenvalue weighted by atomic mass is 10.2. The van der Waals surface area contributed by atoms with Crippen LogP contribution < -0.4 is 5.32 Å². The highest BCUT2D eigenvalue weighted by Gasteiger charge is 2.10. The van der Waals surface area contributed by atoms with Crippen molar-refractivity contribution in [2.24, 2.45) is 0 Å². The molecule has 1 N–H and O–H groups in total. The van der Waals surface area contributed by atoms with Crippen molar-refractivity contribution < 1.29 is 9.32 Å². The number of nitrogens with one attached hydrogen (secondary N) is 1. The number of hydrogen-bond donors (Lipinski definition) is 1. The van der Waals surface area contributed by atoms with Crippen molar-refractivity contribution in [1.29, 1.82) is 0 Å². The fourth-order valence-corrected chi connectivity index (χ4v) is 3.07. The number of hydrogen-bond acceptors (Lipinski definition) is 6. The topological polar surface area (TPSA) is 80.9 Å². The summed E-state index contributed by atoms with van der Waals surface area (Å²) < 4.78 is 5.19. The molecule has 6 nitrogen and oxygen atoms in total. The van der Waals surface area contributed by atoms with Gasteiger partial charge in [0, 0.05) is 53.0 Å². The van der Waals surface area contributed by atoms with Gasteiger partial charge in [0.25, 0.3) is 0 Å². The molecule has 0 atom stereocenters. The van der Waals surface area contributed by atoms with Crippen LogP contribution in [0.25, 0.3) is 11.4 Å². The van der Waals surface area contributed by atoms with Gasteiger partial charge in [-0.3, -0.25) is 9.78 Å². The maximum absolute atomic E-state index is 11.9. The molecule has 134 valence electrons. The number of aromatic nitrogens is 3. The molecule has 0 fully saturated rings. The lowest BCUT2D eigenvalue weighted by Gasteiger charge is -2.04. The molecule has 0 aliphatic rings. The summed E-state index contributed by atoms with van der Waals surface area (Å²) in [6.45, 7) is 0.595. The SMILES string of the molecule is O=C(CCc1nc(-c2ccncc2)no1)NCCSc1ccc(Cl)cc1. The van der Waals surface area contributed by atoms with E-state index in [1.165, 1.54) is 0 Å². The summed E-state index contributed by atoms with van der Waals surface area (Å²) in [5.41, 5.74) is 0.832. The minimum Gasteiger partial charge on any atom is -0.355 e. The van der Waals surface area contributed by atoms with E-state index in [1.54, 1.807) is 36.3 Å². The summed E-state index contributed by atoms with van der Waals surface area (Å²) in [6.07, 6.45) is 4.06. The predicted octanol–water partition coefficient (Wildman–Crippen LogP) is 3.63. The van der Waals surface area contributed by atoms with Gasteiger partial charge in [-0.2, -0.15) is 4.98 Å². The van der Waals surface area contributed by atoms with Gasteiger partial charge >= 0.3 is 0 Å². The molecular formula is C18H17ClN4O2S. The van der Waals surface area contributed by atoms with Crippen LogP contribution in [0.3, 0.4) is 0 Å². The molecule has 0 bridgehead atoms. The van der Waals surface area contributed by atoms with Crippen molar-refractivity contribution in [1.82, 2.24) is 20.4 Å². The molecule has 1 amide bonds. The number of halogens is 1. The first kappa shape index (κ1) is 18.4. The molecule has 0 radical (unpaired) electrons. The summed E-state index contributed by atoms with van der Waals surface area (Å²) in [6, 6.07) is 11.2. The number of aryl methyl sites for hydroxylation is 1. The fraction of sp³-hybridized carbons (Fsp3) is 0.222. The second-order valence-corrected chi connectivity index (χ2v) is 7.00. The minimum atomic E-state index is -0.0367. The molecule has 26 heavy (non-hydrogen) atoms. The number of rotatable bonds is 8. The third-order valence-corrected chi connectivity index (χ3v) is 4.74. The predicted molar refractivity (Wildman–Crippen MR) is 101 cm³/mol. The third-order valence-electron chi connectivity index (χ3n) is 3.48. The monoisotopic (exact) mass is 388 g/mol. The average Bonchev–Trinajstić information content (AvgIpc) is 3.15. The highest BCUT2D eigenvalue weighted by Crippen LogP contribution is 2.19. The second-order valence-electron chi connectivity index (χ2n) is 5.40. The van der Waals surface area contributed by atoms with Crippen molar-refractivity contribution in [2.75, 3.05) is 12.3 Å². The van der Waals surface area contributed by atoms with Gasteiger partial charge in [0.1, 0.15) is 0 Å². The van der Waals surface area contributed by atoms with Crippen molar-refractivity contribution in [2.45, 2.75) is 17.7 Å². The molecule has 0 spiro atoms. The van der Waals surface area contributed by atoms with E-state index in [2.05, 4.69) is 20.4 Å². The van der Waals surface area contributed by atoms with E-state index in [9.17, 15) is 4.79 Å². The number of nitrogens with zero attached hydrogens (tertiary/aromatic N) is 3. The fourth-order valence-electron chi connectivity index (χ4n) is 2.17. The standard InChI is InChI=1S/C18H17ClN4O2S/c19-14-1-3-15(4-2-14)26-12-11-21-16(24)5-6-17-22-18(23-25-17)13-7-9-20-10-8-13/h1-4,7-10H,5-6,11-12H2,(H,21,24). The van der Waals surface area contributed by atoms with Gasteiger partial charge in [-0.1, -0.05) is 16.8 Å². The van der Waals surface area contributed by atoms with Gasteiger partial charge in [0.15, 0.2) is 0 Å². The van der Waals surface area contributed by atoms with Crippen LogP contribution in [0.5, 0.6) is 0 Å². The second kappa shape index (κ2) is 9.35. The van der Waals surface area contributed by atoms with Crippen LogP contribution in [-0.4, -0.2) is 33.3 Å². The summed E-state index contributed by atoms with van der Waals surface area (Å²) in [5, 5.41) is 7.53. The maximum atomic E-state index is 11.9. The smallest absolute Gasteiger partial charge is 0.227 e. The molecule has 0 saturated carbocycles. The molecule has 8 heteroatoms. The van der Waals surface area contributed by atoms with Crippen LogP contribution in [0.2, 0.25) is 5.02 Å². The molecule has 3 rings (SSSR count). The zero-order valence-electron chi connectivity index (χ0n) is 13.9. The van der Waals surface area contributed by atoms with Gasteiger partial charge in [-0.25, -0.2) is 0 Å². The Bertz CT molecular complexity index is 840. The molecule has 1 aromatic carbocycles. The summed E-state index contributed by atoms with van der Waals surface area (Å²) in [4.78, 5) is 21.3. The van der Waals surface area contributed by atoms with Gasteiger partial charge in [0.05, 0.1) is 0 Å². The zero-order valence-corrected chi connectivity index (χ0v) is 15.5. The van der Waals surface area contributed by atoms with E-state index in [1.807, 2.05) is 24.3 Å². The third kappa shape index (κ3) is 5.57. The molecule has 3 aromatic rings. The Morgan fingerprint density at radius 1 is 1.15 bits per heavy atom. The number of thioether (sulfide) groups is 1. The number of benzene rings is 1. The van der Waals surface area contributed by atoms with Gasteiger partial charge in [-0.15, -0.1) is 11.8 Å². The Labute approximate surface area is 160 Å². The van der Waals surface area contributed by atoms with E-state index in [0.29, 0.717) is 31.1 Å². The first-order chi connectivity index (χ1) is 12.7. The highest BCUT2D eigenvalue weighted by molar-refractivity contribution is 7.99. The van der Waals surface area contributed by atoms with Crippen LogP contribution in [0, 0.1) is 0 Å². The number of carbonyl (C=O) groups excluding carboxylic acids is 1. The Morgan fingerprint density at radius 3 is 2.69 bits per heavy atom. The molecule has 0 aliphatic carbocycles. The van der Waals surface area contributed by atoms with Crippen LogP contribution in [-0.2, 0) is 11.2 Å². The first-order valence-corrected chi connectivity index (χ1v) is 9.45. The first-order valence-electron chi connectivity index (χ1n) is 8.09. The maximum Gasteiger partial charge on any atom is 0.227 e. The lowest BCUT2D eigenvalue weighted by molar-refractivity contribution is -0.121. The molecule has 2 heterocycles. The quantitative estimate of drug-likeness (QED) is 0.469. The molecule has 0 aliphatic heterocycles. The van der Waals surface area contributed by atoms with Crippen molar-refractivity contribution in [3.63, 3.8) is 0 Å². The van der Waals surface area contributed by atoms with Crippen molar-refractivity contribution in [3.05, 3.63) is 59.7 Å². The summed E-state index contributed by atoms with van der Waals surface area (Å²) >= 11 is 7.52. The van der Waals surface area contributed by atoms with Crippen molar-refractivity contribution in [3.8, 4) is 11.4 Å². The molecular weight excluding hydrogens is 372 g/mol. The molecule has 0 saturated heterocycles. The van der Waals surface area contributed by atoms with Gasteiger partial charge in [0.2, 0.25) is 17.6 Å². The minimum absolute atomic E-state index is 0.0367. The lowest BCUT2D eigenvalue weighted by Crippen LogP contribution is -2.25. The van der Waals surface area contributed by atoms with Gasteiger partial charge < -0.3 is 9.84 Å². The molecule has 0 unspecified atom stereocenters. The Hall–Kier alpha value is -2.38. The summed E-state index contributed by atoms with van der Waals surface area (Å²) in [7, 11) is 0. The number of pyridine rings is 1. The molecule has 2 aromatic heterocycles. The van der Waals surface area contributed by atoms with Crippen LogP contribution in [0.4, 0.5) is 0 Å². The van der Waals surface area contributed by atoms with E-state index >= 15 is 0 Å².